The van der Waals surface area contributed by atoms with E-state index in [0.717, 1.165) is 19.3 Å². The number of carbonyl (C=O) groups is 1. The van der Waals surface area contributed by atoms with Crippen molar-refractivity contribution in [2.24, 2.45) is 0 Å². The Morgan fingerprint density at radius 3 is 1.97 bits per heavy atom. The van der Waals surface area contributed by atoms with Crippen LogP contribution in [0.4, 0.5) is 16.2 Å². The minimum atomic E-state index is -4.00. The largest absolute Gasteiger partial charge is 0.331 e. The summed E-state index contributed by atoms with van der Waals surface area (Å²) in [5, 5.41) is 2.62. The molecule has 1 aliphatic heterocycles. The lowest BCUT2D eigenvalue weighted by atomic mass is 10.2. The molecular weight excluding hydrogens is 440 g/mol. The van der Waals surface area contributed by atoms with Gasteiger partial charge in [-0.3, -0.25) is 4.72 Å². The predicted molar refractivity (Wildman–Crippen MR) is 119 cm³/mol. The lowest BCUT2D eigenvalue weighted by Crippen LogP contribution is -2.35. The minimum Gasteiger partial charge on any atom is -0.331 e. The van der Waals surface area contributed by atoms with Crippen LogP contribution in [0.3, 0.4) is 0 Å². The second-order valence-electron chi connectivity index (χ2n) is 7.41. The van der Waals surface area contributed by atoms with Crippen LogP contribution in [0.15, 0.2) is 58.3 Å². The van der Waals surface area contributed by atoms with Crippen LogP contribution in [0.5, 0.6) is 0 Å². The number of hydrogen-bond donors (Lipinski definition) is 2. The summed E-state index contributed by atoms with van der Waals surface area (Å²) in [5.41, 5.74) is 0.497. The molecule has 0 spiro atoms. The van der Waals surface area contributed by atoms with E-state index in [0.29, 0.717) is 18.8 Å². The number of anilines is 2. The lowest BCUT2D eigenvalue weighted by molar-refractivity contribution is 0.230. The van der Waals surface area contributed by atoms with Gasteiger partial charge in [0.1, 0.15) is 0 Å². The summed E-state index contributed by atoms with van der Waals surface area (Å²) in [7, 11) is -4.51. The van der Waals surface area contributed by atoms with Gasteiger partial charge in [-0.1, -0.05) is 18.6 Å². The van der Waals surface area contributed by atoms with E-state index < -0.39 is 26.1 Å². The van der Waals surface area contributed by atoms with Crippen LogP contribution in [-0.4, -0.2) is 59.3 Å². The highest BCUT2D eigenvalue weighted by Gasteiger charge is 2.26. The van der Waals surface area contributed by atoms with Crippen molar-refractivity contribution in [1.82, 2.24) is 9.21 Å². The van der Waals surface area contributed by atoms with Crippen molar-refractivity contribution >= 4 is 37.5 Å². The van der Waals surface area contributed by atoms with Gasteiger partial charge in [0.15, 0.2) is 0 Å². The van der Waals surface area contributed by atoms with Crippen molar-refractivity contribution in [3.63, 3.8) is 0 Å². The number of para-hydroxylation sites is 2. The molecule has 0 bridgehead atoms. The molecule has 11 heteroatoms. The summed E-state index contributed by atoms with van der Waals surface area (Å²) in [6.07, 6.45) is 2.64. The van der Waals surface area contributed by atoms with Crippen molar-refractivity contribution in [1.29, 1.82) is 0 Å². The highest BCUT2D eigenvalue weighted by molar-refractivity contribution is 7.92. The maximum absolute atomic E-state index is 12.8. The number of sulfonamides is 2. The number of benzene rings is 2. The van der Waals surface area contributed by atoms with Gasteiger partial charge in [-0.25, -0.2) is 21.6 Å². The van der Waals surface area contributed by atoms with Crippen molar-refractivity contribution in [2.45, 2.75) is 29.1 Å². The number of rotatable bonds is 6. The summed E-state index contributed by atoms with van der Waals surface area (Å²) >= 11 is 0. The number of nitrogens with one attached hydrogen (secondary N) is 2. The smallest absolute Gasteiger partial charge is 0.321 e. The number of urea groups is 1. The molecule has 2 amide bonds. The summed E-state index contributed by atoms with van der Waals surface area (Å²) in [6, 6.07) is 11.1. The molecule has 0 aliphatic carbocycles. The fourth-order valence-electron chi connectivity index (χ4n) is 3.16. The Hall–Kier alpha value is -2.63. The lowest BCUT2D eigenvalue weighted by Gasteiger charge is -2.25. The molecule has 0 saturated carbocycles. The van der Waals surface area contributed by atoms with E-state index in [2.05, 4.69) is 10.0 Å². The first-order valence-electron chi connectivity index (χ1n) is 9.81. The second kappa shape index (κ2) is 9.25. The molecule has 0 unspecified atom stereocenters. The zero-order valence-electron chi connectivity index (χ0n) is 17.4. The van der Waals surface area contributed by atoms with Gasteiger partial charge in [-0.2, -0.15) is 4.31 Å². The summed E-state index contributed by atoms with van der Waals surface area (Å²) in [6.45, 7) is 0.943. The van der Waals surface area contributed by atoms with Gasteiger partial charge in [0, 0.05) is 27.2 Å². The standard InChI is InChI=1S/C20H26N4O5S2/c1-23(2)20(25)21-18-8-4-5-9-19(18)22-30(26,27)16-10-12-17(13-11-16)31(28,29)24-14-6-3-7-15-24/h4-5,8-13,22H,3,6-7,14-15H2,1-2H3,(H,21,25). The molecule has 1 fully saturated rings. The Bertz CT molecular complexity index is 1140. The minimum absolute atomic E-state index is 0.0620. The third kappa shape index (κ3) is 5.35. The predicted octanol–water partition coefficient (Wildman–Crippen LogP) is 2.76. The molecule has 0 aromatic heterocycles. The fraction of sp³-hybridized carbons (Fsp3) is 0.350. The van der Waals surface area contributed by atoms with Gasteiger partial charge in [-0.15, -0.1) is 0 Å². The van der Waals surface area contributed by atoms with E-state index in [9.17, 15) is 21.6 Å². The highest BCUT2D eigenvalue weighted by Crippen LogP contribution is 2.26. The van der Waals surface area contributed by atoms with Crippen LogP contribution in [0.1, 0.15) is 19.3 Å². The molecule has 2 N–H and O–H groups in total. The summed E-state index contributed by atoms with van der Waals surface area (Å²) in [5.74, 6) is 0. The van der Waals surface area contributed by atoms with Gasteiger partial charge in [-0.05, 0) is 49.2 Å². The zero-order valence-corrected chi connectivity index (χ0v) is 19.0. The number of nitrogens with zero attached hydrogens (tertiary/aromatic N) is 2. The van der Waals surface area contributed by atoms with E-state index in [1.807, 2.05) is 0 Å². The normalized spacial score (nSPS) is 15.3. The first kappa shape index (κ1) is 23.0. The molecule has 1 aliphatic rings. The van der Waals surface area contributed by atoms with Crippen LogP contribution < -0.4 is 10.0 Å². The molecule has 2 aromatic carbocycles. The van der Waals surface area contributed by atoms with E-state index in [1.165, 1.54) is 39.5 Å². The number of carbonyl (C=O) groups excluding carboxylic acids is 1. The van der Waals surface area contributed by atoms with Crippen LogP contribution in [0.2, 0.25) is 0 Å². The Balaban J connectivity index is 1.81. The van der Waals surface area contributed by atoms with Gasteiger partial charge >= 0.3 is 6.03 Å². The van der Waals surface area contributed by atoms with Gasteiger partial charge in [0.05, 0.1) is 21.2 Å². The van der Waals surface area contributed by atoms with E-state index in [-0.39, 0.29) is 15.5 Å². The number of piperidine rings is 1. The third-order valence-electron chi connectivity index (χ3n) is 4.91. The maximum atomic E-state index is 12.8. The Morgan fingerprint density at radius 1 is 0.839 bits per heavy atom. The molecule has 168 valence electrons. The number of hydrogen-bond acceptors (Lipinski definition) is 5. The molecule has 31 heavy (non-hydrogen) atoms. The molecule has 1 saturated heterocycles. The second-order valence-corrected chi connectivity index (χ2v) is 11.0. The molecule has 9 nitrogen and oxygen atoms in total. The van der Waals surface area contributed by atoms with E-state index in [4.69, 9.17) is 0 Å². The SMILES string of the molecule is CN(C)C(=O)Nc1ccccc1NS(=O)(=O)c1ccc(S(=O)(=O)N2CCCCC2)cc1. The molecule has 2 aromatic rings. The molecule has 1 heterocycles. The van der Waals surface area contributed by atoms with Crippen molar-refractivity contribution in [2.75, 3.05) is 37.2 Å². The van der Waals surface area contributed by atoms with Crippen LogP contribution in [0, 0.1) is 0 Å². The molecule has 0 atom stereocenters. The van der Waals surface area contributed by atoms with Crippen molar-refractivity contribution < 1.29 is 21.6 Å². The highest BCUT2D eigenvalue weighted by atomic mass is 32.2. The summed E-state index contributed by atoms with van der Waals surface area (Å²) < 4.78 is 55.1. The number of amides is 2. The maximum Gasteiger partial charge on any atom is 0.321 e. The monoisotopic (exact) mass is 466 g/mol. The Labute approximate surface area is 183 Å². The van der Waals surface area contributed by atoms with E-state index >= 15 is 0 Å². The van der Waals surface area contributed by atoms with Crippen LogP contribution >= 0.6 is 0 Å². The summed E-state index contributed by atoms with van der Waals surface area (Å²) in [4.78, 5) is 13.2. The average molecular weight is 467 g/mol. The van der Waals surface area contributed by atoms with Gasteiger partial charge in [0.2, 0.25) is 10.0 Å². The first-order valence-corrected chi connectivity index (χ1v) is 12.7. The molecule has 3 rings (SSSR count). The Kier molecular flexibility index (Phi) is 6.87. The van der Waals surface area contributed by atoms with Crippen molar-refractivity contribution in [3.05, 3.63) is 48.5 Å². The average Bonchev–Trinajstić information content (AvgIpc) is 2.75. The van der Waals surface area contributed by atoms with Crippen LogP contribution in [0.25, 0.3) is 0 Å². The van der Waals surface area contributed by atoms with Gasteiger partial charge < -0.3 is 10.2 Å². The quantitative estimate of drug-likeness (QED) is 0.679. The third-order valence-corrected chi connectivity index (χ3v) is 8.20. The zero-order chi connectivity index (χ0) is 22.6. The first-order chi connectivity index (χ1) is 14.6. The molecule has 0 radical (unpaired) electrons. The van der Waals surface area contributed by atoms with E-state index in [1.54, 1.807) is 32.3 Å². The van der Waals surface area contributed by atoms with Crippen molar-refractivity contribution in [3.8, 4) is 0 Å². The Morgan fingerprint density at radius 2 is 1.39 bits per heavy atom. The van der Waals surface area contributed by atoms with Gasteiger partial charge in [0.25, 0.3) is 10.0 Å². The topological polar surface area (TPSA) is 116 Å². The fourth-order valence-corrected chi connectivity index (χ4v) is 5.75. The molecular formula is C20H26N4O5S2. The van der Waals surface area contributed by atoms with Crippen LogP contribution in [-0.2, 0) is 20.0 Å².